The number of nitrogens with one attached hydrogen (secondary N) is 1. The number of anilines is 1. The molecular weight excluding hydrogens is 480 g/mol. The van der Waals surface area contributed by atoms with Gasteiger partial charge in [-0.25, -0.2) is 4.98 Å². The maximum absolute atomic E-state index is 11.9. The summed E-state index contributed by atoms with van der Waals surface area (Å²) in [7, 11) is 3.33. The lowest BCUT2D eigenvalue weighted by Gasteiger charge is -2.26. The number of nitrogens with zero attached hydrogens (tertiary/aromatic N) is 3. The predicted octanol–water partition coefficient (Wildman–Crippen LogP) is 2.84. The first-order valence-electron chi connectivity index (χ1n) is 11.6. The van der Waals surface area contributed by atoms with E-state index in [2.05, 4.69) is 22.3 Å². The first kappa shape index (κ1) is 25.5. The van der Waals surface area contributed by atoms with Gasteiger partial charge < -0.3 is 29.3 Å². The van der Waals surface area contributed by atoms with E-state index in [-0.39, 0.29) is 24.9 Å². The number of aromatic nitrogens is 1. The highest BCUT2D eigenvalue weighted by Gasteiger charge is 2.22. The number of benzene rings is 2. The molecule has 0 spiro atoms. The van der Waals surface area contributed by atoms with Gasteiger partial charge in [-0.05, 0) is 35.4 Å². The normalized spacial score (nSPS) is 13.4. The molecule has 1 fully saturated rings. The highest BCUT2D eigenvalue weighted by atomic mass is 32.1. The molecule has 36 heavy (non-hydrogen) atoms. The van der Waals surface area contributed by atoms with Crippen LogP contribution in [-0.4, -0.2) is 62.2 Å². The monoisotopic (exact) mass is 510 g/mol. The van der Waals surface area contributed by atoms with Crippen LogP contribution in [-0.2, 0) is 34.0 Å². The topological polar surface area (TPSA) is 93.2 Å². The molecule has 0 saturated carbocycles. The zero-order valence-electron chi connectivity index (χ0n) is 20.4. The van der Waals surface area contributed by atoms with Crippen molar-refractivity contribution in [3.05, 3.63) is 70.7 Å². The van der Waals surface area contributed by atoms with Gasteiger partial charge in [-0.2, -0.15) is 0 Å². The van der Waals surface area contributed by atoms with Crippen LogP contribution in [0, 0.1) is 0 Å². The van der Waals surface area contributed by atoms with Crippen molar-refractivity contribution in [1.29, 1.82) is 0 Å². The molecule has 0 aliphatic carbocycles. The van der Waals surface area contributed by atoms with E-state index in [1.807, 2.05) is 41.8 Å². The Morgan fingerprint density at radius 2 is 1.69 bits per heavy atom. The average molecular weight is 511 g/mol. The highest BCUT2D eigenvalue weighted by Crippen LogP contribution is 2.27. The molecule has 1 aliphatic rings. The number of piperazine rings is 1. The fraction of sp³-hybridized carbons (Fsp3) is 0.346. The first-order chi connectivity index (χ1) is 17.5. The molecule has 9 nitrogen and oxygen atoms in total. The minimum atomic E-state index is -0.147. The molecule has 1 saturated heterocycles. The number of carbonyl (C=O) groups is 2. The van der Waals surface area contributed by atoms with Gasteiger partial charge in [0, 0.05) is 25.0 Å². The molecule has 0 atom stereocenters. The van der Waals surface area contributed by atoms with Crippen molar-refractivity contribution in [2.75, 3.05) is 45.4 Å². The quantitative estimate of drug-likeness (QED) is 0.375. The van der Waals surface area contributed by atoms with E-state index in [9.17, 15) is 9.59 Å². The fourth-order valence-electron chi connectivity index (χ4n) is 3.84. The molecule has 1 aliphatic heterocycles. The first-order valence-corrected chi connectivity index (χ1v) is 12.5. The highest BCUT2D eigenvalue weighted by molar-refractivity contribution is 7.13. The van der Waals surface area contributed by atoms with Gasteiger partial charge in [0.15, 0.2) is 5.13 Å². The summed E-state index contributed by atoms with van der Waals surface area (Å²) in [6.07, 6.45) is 0. The average Bonchev–Trinajstić information content (AvgIpc) is 3.37. The lowest BCUT2D eigenvalue weighted by Crippen LogP contribution is -2.52. The third-order valence-corrected chi connectivity index (χ3v) is 6.65. The van der Waals surface area contributed by atoms with E-state index in [4.69, 9.17) is 19.2 Å². The second-order valence-corrected chi connectivity index (χ2v) is 9.16. The van der Waals surface area contributed by atoms with E-state index in [1.54, 1.807) is 25.6 Å². The van der Waals surface area contributed by atoms with Crippen LogP contribution in [0.1, 0.15) is 16.8 Å². The summed E-state index contributed by atoms with van der Waals surface area (Å²) in [5, 5.41) is 5.40. The number of carbonyl (C=O) groups excluding carboxylic acids is 2. The number of thiazole rings is 1. The van der Waals surface area contributed by atoms with Crippen molar-refractivity contribution in [2.45, 2.75) is 19.7 Å². The molecule has 1 aromatic heterocycles. The van der Waals surface area contributed by atoms with Crippen molar-refractivity contribution in [3.63, 3.8) is 0 Å². The number of rotatable bonds is 12. The van der Waals surface area contributed by atoms with Crippen LogP contribution in [0.15, 0.2) is 53.9 Å². The van der Waals surface area contributed by atoms with Crippen LogP contribution in [0.3, 0.4) is 0 Å². The van der Waals surface area contributed by atoms with Crippen molar-refractivity contribution in [3.8, 4) is 11.5 Å². The van der Waals surface area contributed by atoms with Crippen molar-refractivity contribution in [2.24, 2.45) is 0 Å². The summed E-state index contributed by atoms with van der Waals surface area (Å²) < 4.78 is 16.6. The van der Waals surface area contributed by atoms with Crippen molar-refractivity contribution >= 4 is 28.3 Å². The van der Waals surface area contributed by atoms with Crippen molar-refractivity contribution < 1.29 is 23.8 Å². The molecule has 2 heterocycles. The van der Waals surface area contributed by atoms with Crippen LogP contribution in [0.5, 0.6) is 11.5 Å². The van der Waals surface area contributed by atoms with Crippen LogP contribution in [0.4, 0.5) is 5.13 Å². The summed E-state index contributed by atoms with van der Waals surface area (Å²) in [6.45, 7) is 2.47. The summed E-state index contributed by atoms with van der Waals surface area (Å²) >= 11 is 1.56. The standard InChI is InChI=1S/C26H30N4O5S/c1-33-22-7-3-5-19(11-22)14-30(15-20-6-4-8-23(12-20)34-2)26-28-21(18-36-26)17-35-10-9-29-16-24(31)27-13-25(29)32/h3-8,11-12,18H,9-10,13-17H2,1-2H3,(H,27,31). The van der Waals surface area contributed by atoms with Crippen molar-refractivity contribution in [1.82, 2.24) is 15.2 Å². The molecule has 4 rings (SSSR count). The fourth-order valence-corrected chi connectivity index (χ4v) is 4.65. The van der Waals surface area contributed by atoms with E-state index in [0.29, 0.717) is 32.8 Å². The molecular formula is C26H30N4O5S. The third kappa shape index (κ3) is 6.96. The van der Waals surface area contributed by atoms with Gasteiger partial charge >= 0.3 is 0 Å². The largest absolute Gasteiger partial charge is 0.497 e. The Hall–Kier alpha value is -3.63. The second kappa shape index (κ2) is 12.4. The van der Waals surface area contributed by atoms with Gasteiger partial charge in [-0.1, -0.05) is 24.3 Å². The van der Waals surface area contributed by atoms with Gasteiger partial charge in [0.1, 0.15) is 11.5 Å². The van der Waals surface area contributed by atoms with E-state index >= 15 is 0 Å². The number of hydrogen-bond donors (Lipinski definition) is 1. The second-order valence-electron chi connectivity index (χ2n) is 8.33. The van der Waals surface area contributed by atoms with E-state index in [1.165, 1.54) is 4.90 Å². The molecule has 0 radical (unpaired) electrons. The zero-order chi connectivity index (χ0) is 25.3. The predicted molar refractivity (Wildman–Crippen MR) is 137 cm³/mol. The Morgan fingerprint density at radius 1 is 1.03 bits per heavy atom. The molecule has 0 bridgehead atoms. The Kier molecular flexibility index (Phi) is 8.75. The summed E-state index contributed by atoms with van der Waals surface area (Å²) in [5.41, 5.74) is 3.04. The van der Waals surface area contributed by atoms with Gasteiger partial charge in [0.05, 0.1) is 46.2 Å². The maximum Gasteiger partial charge on any atom is 0.242 e. The molecule has 2 aromatic carbocycles. The third-order valence-electron chi connectivity index (χ3n) is 5.70. The van der Waals surface area contributed by atoms with Crippen LogP contribution in [0.25, 0.3) is 0 Å². The Morgan fingerprint density at radius 3 is 2.33 bits per heavy atom. The smallest absolute Gasteiger partial charge is 0.242 e. The molecule has 190 valence electrons. The SMILES string of the molecule is COc1cccc(CN(Cc2cccc(OC)c2)c2nc(COCCN3CC(=O)NCC3=O)cs2)c1. The maximum atomic E-state index is 11.9. The molecule has 3 aromatic rings. The number of ether oxygens (including phenoxy) is 3. The molecule has 0 unspecified atom stereocenters. The number of hydrogen-bond acceptors (Lipinski definition) is 8. The number of amides is 2. The van der Waals surface area contributed by atoms with Gasteiger partial charge in [-0.15, -0.1) is 11.3 Å². The summed E-state index contributed by atoms with van der Waals surface area (Å²) in [5.74, 6) is 1.38. The van der Waals surface area contributed by atoms with Crippen LogP contribution >= 0.6 is 11.3 Å². The lowest BCUT2D eigenvalue weighted by atomic mass is 10.1. The van der Waals surface area contributed by atoms with E-state index in [0.717, 1.165) is 33.5 Å². The minimum absolute atomic E-state index is 0.0463. The Bertz CT molecular complexity index is 1130. The number of methoxy groups -OCH3 is 2. The molecule has 10 heteroatoms. The van der Waals surface area contributed by atoms with Crippen LogP contribution < -0.4 is 19.7 Å². The Labute approximate surface area is 214 Å². The van der Waals surface area contributed by atoms with Crippen LogP contribution in [0.2, 0.25) is 0 Å². The van der Waals surface area contributed by atoms with E-state index < -0.39 is 0 Å². The summed E-state index contributed by atoms with van der Waals surface area (Å²) in [4.78, 5) is 31.9. The lowest BCUT2D eigenvalue weighted by molar-refractivity contribution is -0.141. The molecule has 2 amide bonds. The molecule has 1 N–H and O–H groups in total. The minimum Gasteiger partial charge on any atom is -0.497 e. The Balaban J connectivity index is 1.41. The van der Waals surface area contributed by atoms with Gasteiger partial charge in [0.2, 0.25) is 11.8 Å². The zero-order valence-corrected chi connectivity index (χ0v) is 21.3. The van der Waals surface area contributed by atoms with Gasteiger partial charge in [0.25, 0.3) is 0 Å². The van der Waals surface area contributed by atoms with Gasteiger partial charge in [-0.3, -0.25) is 9.59 Å². The summed E-state index contributed by atoms with van der Waals surface area (Å²) in [6, 6.07) is 16.0.